The molecule has 0 saturated heterocycles. The topological polar surface area (TPSA) is 114 Å². The van der Waals surface area contributed by atoms with E-state index in [9.17, 15) is 18.8 Å². The van der Waals surface area contributed by atoms with Gasteiger partial charge in [0.1, 0.15) is 17.4 Å². The molecule has 0 radical (unpaired) electrons. The Kier molecular flexibility index (Phi) is 5.39. The van der Waals surface area contributed by atoms with Crippen LogP contribution in [0.25, 0.3) is 0 Å². The molecule has 0 fully saturated rings. The number of carbonyl (C=O) groups is 3. The van der Waals surface area contributed by atoms with Crippen LogP contribution in [0.5, 0.6) is 0 Å². The number of Topliss-reactive ketones (excluding diaryl/α,β-unsaturated/α-hetero) is 1. The highest BCUT2D eigenvalue weighted by Gasteiger charge is 2.32. The number of amides is 2. The van der Waals surface area contributed by atoms with Crippen LogP contribution < -0.4 is 16.0 Å². The zero-order valence-corrected chi connectivity index (χ0v) is 15.1. The van der Waals surface area contributed by atoms with Crippen LogP contribution in [-0.2, 0) is 20.9 Å². The molecule has 1 aromatic carbocycles. The summed E-state index contributed by atoms with van der Waals surface area (Å²) < 4.78 is 14.8. The molecule has 1 aliphatic rings. The second kappa shape index (κ2) is 7.91. The average Bonchev–Trinajstić information content (AvgIpc) is 3.09. The Balaban J connectivity index is 1.85. The van der Waals surface area contributed by atoms with Gasteiger partial charge in [0.05, 0.1) is 31.6 Å². The van der Waals surface area contributed by atoms with Crippen molar-refractivity contribution in [2.45, 2.75) is 13.5 Å². The number of carbonyl (C=O) groups excluding carboxylic acids is 3. The Hall–Kier alpha value is -3.69. The first kappa shape index (κ1) is 19.1. The maximum atomic E-state index is 13.3. The van der Waals surface area contributed by atoms with E-state index in [0.717, 1.165) is 4.90 Å². The van der Waals surface area contributed by atoms with Crippen LogP contribution in [0.2, 0.25) is 0 Å². The minimum atomic E-state index is -0.545. The van der Waals surface area contributed by atoms with Crippen LogP contribution >= 0.6 is 0 Å². The van der Waals surface area contributed by atoms with Crippen molar-refractivity contribution in [3.63, 3.8) is 0 Å². The zero-order chi connectivity index (χ0) is 20.3. The Morgan fingerprint density at radius 2 is 2.25 bits per heavy atom. The van der Waals surface area contributed by atoms with E-state index < -0.39 is 5.91 Å². The van der Waals surface area contributed by atoms with E-state index in [1.54, 1.807) is 12.1 Å². The van der Waals surface area contributed by atoms with E-state index in [1.807, 2.05) is 0 Å². The van der Waals surface area contributed by atoms with E-state index in [4.69, 9.17) is 5.73 Å². The van der Waals surface area contributed by atoms with Crippen molar-refractivity contribution in [1.82, 2.24) is 20.0 Å². The number of nitrogens with zero attached hydrogens (tertiary/aromatic N) is 4. The Bertz CT molecular complexity index is 954. The first-order chi connectivity index (χ1) is 13.4. The van der Waals surface area contributed by atoms with Crippen molar-refractivity contribution < 1.29 is 18.8 Å². The minimum Gasteiger partial charge on any atom is -0.384 e. The molecular formula is C18H19FN6O3. The van der Waals surface area contributed by atoms with Crippen LogP contribution in [-0.4, -0.2) is 46.0 Å². The SMILES string of the molecule is CC(=O)CN1CNC(N)=C(N(C=O)c2cnn(Cc3cccc(F)c3)c2)C1=O. The van der Waals surface area contributed by atoms with Gasteiger partial charge >= 0.3 is 0 Å². The lowest BCUT2D eigenvalue weighted by Crippen LogP contribution is -2.52. The highest BCUT2D eigenvalue weighted by molar-refractivity contribution is 6.04. The molecule has 28 heavy (non-hydrogen) atoms. The van der Waals surface area contributed by atoms with Crippen LogP contribution in [0, 0.1) is 5.82 Å². The smallest absolute Gasteiger partial charge is 0.276 e. The fraction of sp³-hybridized carbons (Fsp3) is 0.222. The number of benzene rings is 1. The lowest BCUT2D eigenvalue weighted by molar-refractivity contribution is -0.133. The van der Waals surface area contributed by atoms with Crippen molar-refractivity contribution >= 4 is 23.8 Å². The highest BCUT2D eigenvalue weighted by atomic mass is 19.1. The summed E-state index contributed by atoms with van der Waals surface area (Å²) in [7, 11) is 0. The molecule has 0 bridgehead atoms. The first-order valence-electron chi connectivity index (χ1n) is 8.43. The van der Waals surface area contributed by atoms with Gasteiger partial charge < -0.3 is 16.0 Å². The fourth-order valence-electron chi connectivity index (χ4n) is 2.86. The number of halogens is 1. The van der Waals surface area contributed by atoms with Gasteiger partial charge in [-0.25, -0.2) is 4.39 Å². The number of nitrogens with two attached hydrogens (primary N) is 1. The lowest BCUT2D eigenvalue weighted by atomic mass is 10.2. The molecule has 0 unspecified atom stereocenters. The van der Waals surface area contributed by atoms with Crippen LogP contribution in [0.15, 0.2) is 48.2 Å². The van der Waals surface area contributed by atoms with Gasteiger partial charge in [-0.1, -0.05) is 12.1 Å². The Morgan fingerprint density at radius 1 is 1.46 bits per heavy atom. The summed E-state index contributed by atoms with van der Waals surface area (Å²) in [6.07, 6.45) is 3.38. The molecule has 0 saturated carbocycles. The maximum absolute atomic E-state index is 13.3. The van der Waals surface area contributed by atoms with Crippen molar-refractivity contribution in [3.8, 4) is 0 Å². The molecule has 0 aliphatic carbocycles. The molecule has 3 N–H and O–H groups in total. The van der Waals surface area contributed by atoms with Gasteiger partial charge in [0.25, 0.3) is 5.91 Å². The summed E-state index contributed by atoms with van der Waals surface area (Å²) in [6.45, 7) is 1.61. The minimum absolute atomic E-state index is 0.0229. The second-order valence-electron chi connectivity index (χ2n) is 6.30. The Labute approximate surface area is 160 Å². The van der Waals surface area contributed by atoms with E-state index in [1.165, 1.54) is 41.0 Å². The summed E-state index contributed by atoms with van der Waals surface area (Å²) in [6, 6.07) is 6.06. The predicted octanol–water partition coefficient (Wildman–Crippen LogP) is 0.139. The van der Waals surface area contributed by atoms with Gasteiger partial charge in [0.2, 0.25) is 6.41 Å². The molecule has 2 amide bonds. The number of ketones is 1. The van der Waals surface area contributed by atoms with Crippen LogP contribution in [0.1, 0.15) is 12.5 Å². The van der Waals surface area contributed by atoms with Crippen molar-refractivity contribution in [2.24, 2.45) is 5.73 Å². The molecular weight excluding hydrogens is 367 g/mol. The molecule has 146 valence electrons. The quantitative estimate of drug-likeness (QED) is 0.655. The summed E-state index contributed by atoms with van der Waals surface area (Å²) in [5.41, 5.74) is 6.80. The standard InChI is InChI=1S/C18H19FN6O3/c1-12(27)7-23-10-21-17(20)16(18(23)28)25(11-26)15-6-22-24(9-15)8-13-3-2-4-14(19)5-13/h2-6,9,11,21H,7-8,10,20H2,1H3. The monoisotopic (exact) mass is 386 g/mol. The molecule has 1 aliphatic heterocycles. The number of aromatic nitrogens is 2. The summed E-state index contributed by atoms with van der Waals surface area (Å²) >= 11 is 0. The maximum Gasteiger partial charge on any atom is 0.276 e. The second-order valence-corrected chi connectivity index (χ2v) is 6.30. The zero-order valence-electron chi connectivity index (χ0n) is 15.1. The number of rotatable bonds is 7. The Morgan fingerprint density at radius 3 is 2.93 bits per heavy atom. The largest absolute Gasteiger partial charge is 0.384 e. The third kappa shape index (κ3) is 4.00. The normalized spacial score (nSPS) is 14.1. The van der Waals surface area contributed by atoms with E-state index in [-0.39, 0.29) is 42.9 Å². The molecule has 2 aromatic rings. The predicted molar refractivity (Wildman–Crippen MR) is 97.9 cm³/mol. The van der Waals surface area contributed by atoms with E-state index in [2.05, 4.69) is 10.4 Å². The van der Waals surface area contributed by atoms with Gasteiger partial charge in [-0.2, -0.15) is 5.10 Å². The fourth-order valence-corrected chi connectivity index (χ4v) is 2.86. The van der Waals surface area contributed by atoms with Gasteiger partial charge in [-0.15, -0.1) is 0 Å². The van der Waals surface area contributed by atoms with E-state index >= 15 is 0 Å². The summed E-state index contributed by atoms with van der Waals surface area (Å²) in [5, 5.41) is 6.95. The van der Waals surface area contributed by atoms with Gasteiger partial charge in [-0.05, 0) is 24.6 Å². The third-order valence-corrected chi connectivity index (χ3v) is 4.10. The summed E-state index contributed by atoms with van der Waals surface area (Å²) in [5.74, 6) is -1.08. The van der Waals surface area contributed by atoms with Crippen LogP contribution in [0.4, 0.5) is 10.1 Å². The molecule has 0 atom stereocenters. The lowest BCUT2D eigenvalue weighted by Gasteiger charge is -2.32. The average molecular weight is 386 g/mol. The summed E-state index contributed by atoms with van der Waals surface area (Å²) in [4.78, 5) is 38.1. The molecule has 0 spiro atoms. The van der Waals surface area contributed by atoms with Crippen molar-refractivity contribution in [2.75, 3.05) is 18.1 Å². The van der Waals surface area contributed by atoms with Gasteiger partial charge in [-0.3, -0.25) is 24.0 Å². The molecule has 2 heterocycles. The van der Waals surface area contributed by atoms with Gasteiger partial charge in [0, 0.05) is 6.20 Å². The third-order valence-electron chi connectivity index (χ3n) is 4.10. The van der Waals surface area contributed by atoms with Crippen molar-refractivity contribution in [3.05, 3.63) is 59.6 Å². The number of hydrogen-bond donors (Lipinski definition) is 2. The molecule has 3 rings (SSSR count). The molecule has 10 heteroatoms. The van der Waals surface area contributed by atoms with Crippen molar-refractivity contribution in [1.29, 1.82) is 0 Å². The van der Waals surface area contributed by atoms with Gasteiger partial charge in [0.15, 0.2) is 5.70 Å². The number of anilines is 1. The van der Waals surface area contributed by atoms with E-state index in [0.29, 0.717) is 17.7 Å². The highest BCUT2D eigenvalue weighted by Crippen LogP contribution is 2.21. The molecule has 9 nitrogen and oxygen atoms in total. The van der Waals surface area contributed by atoms with Crippen LogP contribution in [0.3, 0.4) is 0 Å². The number of nitrogens with one attached hydrogen (secondary N) is 1. The first-order valence-corrected chi connectivity index (χ1v) is 8.43. The molecule has 1 aromatic heterocycles. The number of hydrogen-bond acceptors (Lipinski definition) is 6.